The number of rotatable bonds is 6. The van der Waals surface area contributed by atoms with Crippen molar-refractivity contribution >= 4 is 17.5 Å². The number of para-hydroxylation sites is 1. The summed E-state index contributed by atoms with van der Waals surface area (Å²) in [7, 11) is 0. The van der Waals surface area contributed by atoms with E-state index < -0.39 is 0 Å². The fraction of sp³-hybridized carbons (Fsp3) is 0.286. The maximum atomic E-state index is 14.0. The number of hydrogen-bond donors (Lipinski definition) is 1. The van der Waals surface area contributed by atoms with Crippen LogP contribution in [0.5, 0.6) is 0 Å². The van der Waals surface area contributed by atoms with Crippen molar-refractivity contribution in [2.75, 3.05) is 47.8 Å². The van der Waals surface area contributed by atoms with Gasteiger partial charge in [0, 0.05) is 32.7 Å². The zero-order chi connectivity index (χ0) is 19.2. The Labute approximate surface area is 164 Å². The largest absolute Gasteiger partial charge is 0.368 e. The summed E-state index contributed by atoms with van der Waals surface area (Å²) in [5.74, 6) is 1.15. The van der Waals surface area contributed by atoms with Gasteiger partial charge in [0.2, 0.25) is 5.95 Å². The van der Waals surface area contributed by atoms with Crippen molar-refractivity contribution in [1.82, 2.24) is 15.2 Å². The van der Waals surface area contributed by atoms with Crippen LogP contribution in [0, 0.1) is 5.82 Å². The molecule has 2 heterocycles. The predicted molar refractivity (Wildman–Crippen MR) is 109 cm³/mol. The average Bonchev–Trinajstić information content (AvgIpc) is 2.75. The molecule has 28 heavy (non-hydrogen) atoms. The SMILES string of the molecule is Fc1ccccc1N1CCN(c2nncc(NCCc3ccccc3)n2)CC1. The molecular formula is C21H23FN6. The maximum absolute atomic E-state index is 14.0. The predicted octanol–water partition coefficient (Wildman–Crippen LogP) is 2.99. The zero-order valence-electron chi connectivity index (χ0n) is 15.6. The number of hydrogen-bond acceptors (Lipinski definition) is 6. The Hall–Kier alpha value is -3.22. The second kappa shape index (κ2) is 8.65. The van der Waals surface area contributed by atoms with Crippen LogP contribution < -0.4 is 15.1 Å². The highest BCUT2D eigenvalue weighted by Gasteiger charge is 2.21. The summed E-state index contributed by atoms with van der Waals surface area (Å²) in [6.07, 6.45) is 2.56. The van der Waals surface area contributed by atoms with E-state index in [2.05, 4.69) is 42.4 Å². The van der Waals surface area contributed by atoms with E-state index in [1.54, 1.807) is 12.3 Å². The van der Waals surface area contributed by atoms with Gasteiger partial charge in [-0.15, -0.1) is 5.10 Å². The van der Waals surface area contributed by atoms with Crippen LogP contribution >= 0.6 is 0 Å². The fourth-order valence-corrected chi connectivity index (χ4v) is 3.35. The van der Waals surface area contributed by atoms with Crippen LogP contribution in [0.25, 0.3) is 0 Å². The molecule has 1 saturated heterocycles. The van der Waals surface area contributed by atoms with Crippen LogP contribution in [-0.4, -0.2) is 47.9 Å². The van der Waals surface area contributed by atoms with Crippen LogP contribution in [0.3, 0.4) is 0 Å². The lowest BCUT2D eigenvalue weighted by Crippen LogP contribution is -2.47. The van der Waals surface area contributed by atoms with E-state index in [-0.39, 0.29) is 5.82 Å². The summed E-state index contributed by atoms with van der Waals surface area (Å²) >= 11 is 0. The molecule has 144 valence electrons. The van der Waals surface area contributed by atoms with Crippen LogP contribution in [0.4, 0.5) is 21.8 Å². The topological polar surface area (TPSA) is 57.2 Å². The maximum Gasteiger partial charge on any atom is 0.247 e. The Morgan fingerprint density at radius 1 is 0.893 bits per heavy atom. The van der Waals surface area contributed by atoms with Gasteiger partial charge < -0.3 is 15.1 Å². The summed E-state index contributed by atoms with van der Waals surface area (Å²) in [4.78, 5) is 8.74. The number of anilines is 3. The minimum absolute atomic E-state index is 0.182. The lowest BCUT2D eigenvalue weighted by atomic mass is 10.1. The number of benzene rings is 2. The quantitative estimate of drug-likeness (QED) is 0.712. The van der Waals surface area contributed by atoms with Crippen molar-refractivity contribution in [3.05, 3.63) is 72.2 Å². The first-order valence-electron chi connectivity index (χ1n) is 9.51. The minimum Gasteiger partial charge on any atom is -0.368 e. The Balaban J connectivity index is 1.33. The minimum atomic E-state index is -0.182. The Morgan fingerprint density at radius 3 is 2.39 bits per heavy atom. The van der Waals surface area contributed by atoms with E-state index >= 15 is 0 Å². The summed E-state index contributed by atoms with van der Waals surface area (Å²) in [6, 6.07) is 17.2. The van der Waals surface area contributed by atoms with E-state index in [1.165, 1.54) is 11.6 Å². The molecule has 0 radical (unpaired) electrons. The summed E-state index contributed by atoms with van der Waals surface area (Å²) in [5.41, 5.74) is 1.93. The van der Waals surface area contributed by atoms with Crippen LogP contribution in [0.2, 0.25) is 0 Å². The molecule has 0 amide bonds. The summed E-state index contributed by atoms with van der Waals surface area (Å²) in [5, 5.41) is 11.6. The van der Waals surface area contributed by atoms with Gasteiger partial charge in [-0.1, -0.05) is 42.5 Å². The molecule has 6 nitrogen and oxygen atoms in total. The molecule has 1 aliphatic rings. The summed E-state index contributed by atoms with van der Waals surface area (Å²) < 4.78 is 14.0. The van der Waals surface area contributed by atoms with Gasteiger partial charge in [-0.2, -0.15) is 10.1 Å². The second-order valence-electron chi connectivity index (χ2n) is 6.73. The molecule has 2 aromatic carbocycles. The van der Waals surface area contributed by atoms with Gasteiger partial charge in [0.05, 0.1) is 11.9 Å². The molecular weight excluding hydrogens is 355 g/mol. The van der Waals surface area contributed by atoms with Crippen molar-refractivity contribution in [2.45, 2.75) is 6.42 Å². The van der Waals surface area contributed by atoms with E-state index in [0.717, 1.165) is 45.0 Å². The third-order valence-electron chi connectivity index (χ3n) is 4.87. The Kier molecular flexibility index (Phi) is 5.61. The first-order chi connectivity index (χ1) is 13.8. The molecule has 0 bridgehead atoms. The molecule has 7 heteroatoms. The van der Waals surface area contributed by atoms with Gasteiger partial charge in [0.1, 0.15) is 5.82 Å². The number of piperazine rings is 1. The number of aromatic nitrogens is 3. The number of nitrogens with one attached hydrogen (secondary N) is 1. The molecule has 0 atom stereocenters. The van der Waals surface area contributed by atoms with Crippen LogP contribution in [0.15, 0.2) is 60.8 Å². The normalized spacial score (nSPS) is 14.2. The highest BCUT2D eigenvalue weighted by Crippen LogP contribution is 2.21. The Bertz CT molecular complexity index is 896. The van der Waals surface area contributed by atoms with E-state index in [0.29, 0.717) is 11.6 Å². The molecule has 4 rings (SSSR count). The lowest BCUT2D eigenvalue weighted by Gasteiger charge is -2.36. The Morgan fingerprint density at radius 2 is 1.61 bits per heavy atom. The molecule has 1 aliphatic heterocycles. The molecule has 0 unspecified atom stereocenters. The fourth-order valence-electron chi connectivity index (χ4n) is 3.35. The van der Waals surface area contributed by atoms with Crippen LogP contribution in [-0.2, 0) is 6.42 Å². The first-order valence-corrected chi connectivity index (χ1v) is 9.51. The third kappa shape index (κ3) is 4.36. The molecule has 1 aromatic heterocycles. The molecule has 0 aliphatic carbocycles. The zero-order valence-corrected chi connectivity index (χ0v) is 15.6. The van der Waals surface area contributed by atoms with Crippen molar-refractivity contribution in [3.8, 4) is 0 Å². The van der Waals surface area contributed by atoms with Crippen molar-refractivity contribution in [3.63, 3.8) is 0 Å². The van der Waals surface area contributed by atoms with Crippen molar-refractivity contribution in [1.29, 1.82) is 0 Å². The van der Waals surface area contributed by atoms with Crippen molar-refractivity contribution < 1.29 is 4.39 Å². The molecule has 1 N–H and O–H groups in total. The van der Waals surface area contributed by atoms with E-state index in [9.17, 15) is 4.39 Å². The number of halogens is 1. The first kappa shape index (κ1) is 18.2. The molecule has 1 fully saturated rings. The van der Waals surface area contributed by atoms with Gasteiger partial charge >= 0.3 is 0 Å². The van der Waals surface area contributed by atoms with E-state index in [1.807, 2.05) is 30.3 Å². The van der Waals surface area contributed by atoms with Crippen LogP contribution in [0.1, 0.15) is 5.56 Å². The van der Waals surface area contributed by atoms with Gasteiger partial charge in [-0.25, -0.2) is 4.39 Å². The van der Waals surface area contributed by atoms with Gasteiger partial charge in [0.15, 0.2) is 5.82 Å². The third-order valence-corrected chi connectivity index (χ3v) is 4.87. The lowest BCUT2D eigenvalue weighted by molar-refractivity contribution is 0.592. The summed E-state index contributed by atoms with van der Waals surface area (Å²) in [6.45, 7) is 3.67. The second-order valence-corrected chi connectivity index (χ2v) is 6.73. The average molecular weight is 378 g/mol. The molecule has 0 saturated carbocycles. The number of nitrogens with zero attached hydrogens (tertiary/aromatic N) is 5. The smallest absolute Gasteiger partial charge is 0.247 e. The van der Waals surface area contributed by atoms with Crippen molar-refractivity contribution in [2.24, 2.45) is 0 Å². The standard InChI is InChI=1S/C21H23FN6/c22-18-8-4-5-9-19(18)27-12-14-28(15-13-27)21-25-20(16-24-26-21)23-11-10-17-6-2-1-3-7-17/h1-9,16H,10-15H2,(H,23,25,26). The molecule has 3 aromatic rings. The van der Waals surface area contributed by atoms with Gasteiger partial charge in [-0.05, 0) is 24.1 Å². The monoisotopic (exact) mass is 378 g/mol. The van der Waals surface area contributed by atoms with E-state index in [4.69, 9.17) is 0 Å². The van der Waals surface area contributed by atoms with Gasteiger partial charge in [0.25, 0.3) is 0 Å². The van der Waals surface area contributed by atoms with Gasteiger partial charge in [-0.3, -0.25) is 0 Å². The highest BCUT2D eigenvalue weighted by molar-refractivity contribution is 5.50. The highest BCUT2D eigenvalue weighted by atomic mass is 19.1. The molecule has 0 spiro atoms.